The second-order valence-electron chi connectivity index (χ2n) is 6.91. The summed E-state index contributed by atoms with van der Waals surface area (Å²) in [6.07, 6.45) is 0. The molecule has 0 saturated carbocycles. The topological polar surface area (TPSA) is 54.9 Å². The number of nitrogens with zero attached hydrogens (tertiary/aromatic N) is 2. The molecular weight excluding hydrogens is 410 g/mol. The number of thiophene rings is 1. The Morgan fingerprint density at radius 3 is 2.63 bits per heavy atom. The van der Waals surface area contributed by atoms with Crippen LogP contribution < -0.4 is 5.32 Å². The maximum absolute atomic E-state index is 13.2. The van der Waals surface area contributed by atoms with Crippen molar-refractivity contribution < 1.29 is 4.79 Å². The van der Waals surface area contributed by atoms with Gasteiger partial charge in [-0.2, -0.15) is 0 Å². The average molecular weight is 428 g/mol. The first kappa shape index (κ1) is 18.7. The fourth-order valence-electron chi connectivity index (χ4n) is 3.35. The standard InChI is InChI=1S/C24H17N3OS2/c1-15-6-4-7-16(12-15)20-13-18(17-8-2-3-9-19(17)25-20)23(28)27-24-26-21(14-30-24)22-10-5-11-29-22/h2-14H,1H3,(H,26,27,28). The van der Waals surface area contributed by atoms with Gasteiger partial charge in [0.15, 0.2) is 5.13 Å². The second kappa shape index (κ2) is 7.82. The number of thiazole rings is 1. The van der Waals surface area contributed by atoms with Crippen molar-refractivity contribution in [3.05, 3.63) is 88.6 Å². The van der Waals surface area contributed by atoms with Crippen molar-refractivity contribution in [1.82, 2.24) is 9.97 Å². The van der Waals surface area contributed by atoms with Crippen LogP contribution in [0.5, 0.6) is 0 Å². The summed E-state index contributed by atoms with van der Waals surface area (Å²) in [5, 5.41) is 8.35. The number of nitrogens with one attached hydrogen (secondary N) is 1. The molecule has 5 aromatic rings. The predicted molar refractivity (Wildman–Crippen MR) is 125 cm³/mol. The first-order chi connectivity index (χ1) is 14.7. The highest BCUT2D eigenvalue weighted by Crippen LogP contribution is 2.30. The number of hydrogen-bond donors (Lipinski definition) is 1. The molecule has 5 rings (SSSR count). The molecule has 0 fully saturated rings. The van der Waals surface area contributed by atoms with Gasteiger partial charge in [0.25, 0.3) is 5.91 Å². The van der Waals surface area contributed by atoms with Crippen LogP contribution in [0.15, 0.2) is 77.5 Å². The molecule has 0 spiro atoms. The second-order valence-corrected chi connectivity index (χ2v) is 8.72. The van der Waals surface area contributed by atoms with Crippen LogP contribution >= 0.6 is 22.7 Å². The molecule has 0 bridgehead atoms. The van der Waals surface area contributed by atoms with Gasteiger partial charge in [-0.25, -0.2) is 9.97 Å². The summed E-state index contributed by atoms with van der Waals surface area (Å²) in [6, 6.07) is 21.7. The van der Waals surface area contributed by atoms with Gasteiger partial charge in [0.1, 0.15) is 0 Å². The molecule has 0 saturated heterocycles. The molecule has 1 N–H and O–H groups in total. The minimum absolute atomic E-state index is 0.186. The van der Waals surface area contributed by atoms with E-state index in [1.54, 1.807) is 11.3 Å². The number of carbonyl (C=O) groups excluding carboxylic acids is 1. The van der Waals surface area contributed by atoms with E-state index in [-0.39, 0.29) is 5.91 Å². The summed E-state index contributed by atoms with van der Waals surface area (Å²) in [7, 11) is 0. The van der Waals surface area contributed by atoms with Crippen LogP contribution in [-0.4, -0.2) is 15.9 Å². The molecule has 30 heavy (non-hydrogen) atoms. The summed E-state index contributed by atoms with van der Waals surface area (Å²) in [5.74, 6) is -0.186. The monoisotopic (exact) mass is 427 g/mol. The molecule has 2 aromatic carbocycles. The van der Waals surface area contributed by atoms with Crippen LogP contribution in [0.4, 0.5) is 5.13 Å². The number of aryl methyl sites for hydroxylation is 1. The smallest absolute Gasteiger partial charge is 0.258 e. The van der Waals surface area contributed by atoms with Crippen LogP contribution in [0.1, 0.15) is 15.9 Å². The number of rotatable bonds is 4. The van der Waals surface area contributed by atoms with E-state index in [9.17, 15) is 4.79 Å². The molecule has 4 nitrogen and oxygen atoms in total. The molecule has 0 aliphatic heterocycles. The third-order valence-corrected chi connectivity index (χ3v) is 6.42. The zero-order valence-electron chi connectivity index (χ0n) is 16.1. The van der Waals surface area contributed by atoms with Gasteiger partial charge >= 0.3 is 0 Å². The average Bonchev–Trinajstić information content (AvgIpc) is 3.45. The van der Waals surface area contributed by atoms with Crippen LogP contribution in [0, 0.1) is 6.92 Å². The number of aromatic nitrogens is 2. The summed E-state index contributed by atoms with van der Waals surface area (Å²) in [4.78, 5) is 23.6. The first-order valence-corrected chi connectivity index (χ1v) is 11.2. The lowest BCUT2D eigenvalue weighted by atomic mass is 10.0. The Balaban J connectivity index is 1.53. The molecule has 0 aliphatic rings. The maximum atomic E-state index is 13.2. The number of para-hydroxylation sites is 1. The van der Waals surface area contributed by atoms with Crippen LogP contribution in [-0.2, 0) is 0 Å². The van der Waals surface area contributed by atoms with E-state index in [2.05, 4.69) is 16.4 Å². The molecule has 1 amide bonds. The van der Waals surface area contributed by atoms with E-state index >= 15 is 0 Å². The van der Waals surface area contributed by atoms with Gasteiger partial charge in [0.2, 0.25) is 0 Å². The van der Waals surface area contributed by atoms with Crippen molar-refractivity contribution in [2.45, 2.75) is 6.92 Å². The fourth-order valence-corrected chi connectivity index (χ4v) is 4.82. The highest BCUT2D eigenvalue weighted by Gasteiger charge is 2.16. The highest BCUT2D eigenvalue weighted by atomic mass is 32.1. The Labute approximate surface area is 181 Å². The zero-order valence-corrected chi connectivity index (χ0v) is 17.8. The molecule has 3 aromatic heterocycles. The van der Waals surface area contributed by atoms with E-state index < -0.39 is 0 Å². The molecule has 0 unspecified atom stereocenters. The normalized spacial score (nSPS) is 11.0. The van der Waals surface area contributed by atoms with Gasteiger partial charge in [-0.15, -0.1) is 22.7 Å². The van der Waals surface area contributed by atoms with Crippen molar-refractivity contribution in [3.63, 3.8) is 0 Å². The highest BCUT2D eigenvalue weighted by molar-refractivity contribution is 7.16. The molecule has 146 valence electrons. The number of anilines is 1. The maximum Gasteiger partial charge on any atom is 0.258 e. The molecule has 0 radical (unpaired) electrons. The van der Waals surface area contributed by atoms with Crippen molar-refractivity contribution >= 4 is 44.6 Å². The van der Waals surface area contributed by atoms with E-state index in [1.165, 1.54) is 11.3 Å². The zero-order chi connectivity index (χ0) is 20.5. The van der Waals surface area contributed by atoms with Crippen molar-refractivity contribution in [2.75, 3.05) is 5.32 Å². The number of carbonyl (C=O) groups is 1. The van der Waals surface area contributed by atoms with E-state index in [1.807, 2.05) is 78.3 Å². The Bertz CT molecular complexity index is 1360. The molecular formula is C24H17N3OS2. The van der Waals surface area contributed by atoms with E-state index in [4.69, 9.17) is 4.98 Å². The predicted octanol–water partition coefficient (Wildman–Crippen LogP) is 6.65. The quantitative estimate of drug-likeness (QED) is 0.349. The lowest BCUT2D eigenvalue weighted by Gasteiger charge is -2.10. The Hall–Kier alpha value is -3.35. The number of hydrogen-bond acceptors (Lipinski definition) is 5. The van der Waals surface area contributed by atoms with Crippen LogP contribution in [0.3, 0.4) is 0 Å². The largest absolute Gasteiger partial charge is 0.298 e. The molecule has 6 heteroatoms. The van der Waals surface area contributed by atoms with Crippen molar-refractivity contribution in [2.24, 2.45) is 0 Å². The van der Waals surface area contributed by atoms with Gasteiger partial charge < -0.3 is 0 Å². The van der Waals surface area contributed by atoms with E-state index in [0.29, 0.717) is 10.7 Å². The Kier molecular flexibility index (Phi) is 4.86. The van der Waals surface area contributed by atoms with Crippen molar-refractivity contribution in [1.29, 1.82) is 0 Å². The molecule has 3 heterocycles. The number of fused-ring (bicyclic) bond motifs is 1. The summed E-state index contributed by atoms with van der Waals surface area (Å²) in [6.45, 7) is 2.05. The third kappa shape index (κ3) is 3.63. The third-order valence-electron chi connectivity index (χ3n) is 4.77. The first-order valence-electron chi connectivity index (χ1n) is 9.45. The van der Waals surface area contributed by atoms with Crippen LogP contribution in [0.2, 0.25) is 0 Å². The van der Waals surface area contributed by atoms with Gasteiger partial charge in [-0.05, 0) is 36.6 Å². The van der Waals surface area contributed by atoms with E-state index in [0.717, 1.165) is 38.3 Å². The van der Waals surface area contributed by atoms with Gasteiger partial charge in [0.05, 0.1) is 27.3 Å². The number of amides is 1. The lowest BCUT2D eigenvalue weighted by molar-refractivity contribution is 0.102. The minimum Gasteiger partial charge on any atom is -0.298 e. The van der Waals surface area contributed by atoms with Gasteiger partial charge in [0, 0.05) is 16.3 Å². The number of benzene rings is 2. The Morgan fingerprint density at radius 2 is 1.80 bits per heavy atom. The minimum atomic E-state index is -0.186. The lowest BCUT2D eigenvalue weighted by Crippen LogP contribution is -2.13. The SMILES string of the molecule is Cc1cccc(-c2cc(C(=O)Nc3nc(-c4cccs4)cs3)c3ccccc3n2)c1. The Morgan fingerprint density at radius 1 is 0.900 bits per heavy atom. The van der Waals surface area contributed by atoms with Gasteiger partial charge in [-0.3, -0.25) is 10.1 Å². The van der Waals surface area contributed by atoms with Crippen molar-refractivity contribution in [3.8, 4) is 21.8 Å². The summed E-state index contributed by atoms with van der Waals surface area (Å²) in [5.41, 5.74) is 5.18. The molecule has 0 aliphatic carbocycles. The summed E-state index contributed by atoms with van der Waals surface area (Å²) < 4.78 is 0. The van der Waals surface area contributed by atoms with Gasteiger partial charge in [-0.1, -0.05) is 48.0 Å². The molecule has 0 atom stereocenters. The fraction of sp³-hybridized carbons (Fsp3) is 0.0417. The van der Waals surface area contributed by atoms with Crippen LogP contribution in [0.25, 0.3) is 32.7 Å². The number of pyridine rings is 1. The summed E-state index contributed by atoms with van der Waals surface area (Å²) >= 11 is 3.06.